The summed E-state index contributed by atoms with van der Waals surface area (Å²) in [5.74, 6) is -1.52. The molecule has 0 saturated carbocycles. The van der Waals surface area contributed by atoms with Gasteiger partial charge < -0.3 is 10.1 Å². The predicted molar refractivity (Wildman–Crippen MR) is 99.5 cm³/mol. The molecule has 0 unspecified atom stereocenters. The van der Waals surface area contributed by atoms with E-state index in [-0.39, 0.29) is 29.3 Å². The molecule has 10 heteroatoms. The summed E-state index contributed by atoms with van der Waals surface area (Å²) in [7, 11) is -3.11. The summed E-state index contributed by atoms with van der Waals surface area (Å²) in [6.07, 6.45) is 0.341. The quantitative estimate of drug-likeness (QED) is 0.657. The Hall–Kier alpha value is -3.01. The standard InChI is InChI=1S/C18H19N3O6S/c22-16(19-14-8-9-28(25,26)12-14)11-27-18(24)15-6-7-17(23)21(20-15)10-13-4-2-1-3-5-13/h1-7,14H,8-12H2,(H,19,22)/t14-/m0/s1. The maximum Gasteiger partial charge on any atom is 0.359 e. The molecule has 0 aliphatic carbocycles. The van der Waals surface area contributed by atoms with E-state index in [0.29, 0.717) is 6.42 Å². The molecule has 1 aliphatic heterocycles. The number of benzene rings is 1. The number of ether oxygens (including phenoxy) is 1. The molecule has 0 radical (unpaired) electrons. The van der Waals surface area contributed by atoms with Gasteiger partial charge in [0.15, 0.2) is 22.1 Å². The van der Waals surface area contributed by atoms with Gasteiger partial charge in [-0.15, -0.1) is 0 Å². The molecule has 3 rings (SSSR count). The Balaban J connectivity index is 1.57. The highest BCUT2D eigenvalue weighted by atomic mass is 32.2. The fourth-order valence-electron chi connectivity index (χ4n) is 2.81. The molecule has 1 aliphatic rings. The van der Waals surface area contributed by atoms with E-state index >= 15 is 0 Å². The molecule has 28 heavy (non-hydrogen) atoms. The zero-order valence-electron chi connectivity index (χ0n) is 14.9. The molecule has 2 aromatic rings. The number of amides is 1. The smallest absolute Gasteiger partial charge is 0.359 e. The fraction of sp³-hybridized carbons (Fsp3) is 0.333. The fourth-order valence-corrected chi connectivity index (χ4v) is 4.48. The molecule has 1 aromatic heterocycles. The first-order valence-corrected chi connectivity index (χ1v) is 10.4. The van der Waals surface area contributed by atoms with Crippen molar-refractivity contribution in [2.75, 3.05) is 18.1 Å². The number of esters is 1. The van der Waals surface area contributed by atoms with E-state index in [1.807, 2.05) is 30.3 Å². The Bertz CT molecular complexity index is 1030. The summed E-state index contributed by atoms with van der Waals surface area (Å²) >= 11 is 0. The lowest BCUT2D eigenvalue weighted by Gasteiger charge is -2.11. The van der Waals surface area contributed by atoms with Crippen LogP contribution in [0.5, 0.6) is 0 Å². The second kappa shape index (κ2) is 8.34. The Kier molecular flexibility index (Phi) is 5.88. The minimum absolute atomic E-state index is 0.0324. The summed E-state index contributed by atoms with van der Waals surface area (Å²) in [6, 6.07) is 11.1. The molecule has 2 heterocycles. The van der Waals surface area contributed by atoms with Crippen LogP contribution < -0.4 is 10.9 Å². The summed E-state index contributed by atoms with van der Waals surface area (Å²) in [6.45, 7) is -0.369. The Morgan fingerprint density at radius 1 is 1.18 bits per heavy atom. The van der Waals surface area contributed by atoms with Gasteiger partial charge in [0.1, 0.15) is 0 Å². The van der Waals surface area contributed by atoms with Crippen molar-refractivity contribution in [2.45, 2.75) is 19.0 Å². The van der Waals surface area contributed by atoms with Crippen LogP contribution >= 0.6 is 0 Å². The van der Waals surface area contributed by atoms with Gasteiger partial charge >= 0.3 is 5.97 Å². The van der Waals surface area contributed by atoms with Gasteiger partial charge in [-0.2, -0.15) is 5.10 Å². The van der Waals surface area contributed by atoms with Crippen molar-refractivity contribution >= 4 is 21.7 Å². The Morgan fingerprint density at radius 2 is 1.93 bits per heavy atom. The van der Waals surface area contributed by atoms with Crippen LogP contribution in [0.25, 0.3) is 0 Å². The molecule has 148 valence electrons. The summed E-state index contributed by atoms with van der Waals surface area (Å²) in [5.41, 5.74) is 0.362. The molecule has 1 fully saturated rings. The van der Waals surface area contributed by atoms with Crippen molar-refractivity contribution in [1.82, 2.24) is 15.1 Å². The van der Waals surface area contributed by atoms with Crippen LogP contribution in [0.3, 0.4) is 0 Å². The SMILES string of the molecule is O=C(COC(=O)c1ccc(=O)n(Cc2ccccc2)n1)N[C@H]1CCS(=O)(=O)C1. The van der Waals surface area contributed by atoms with Gasteiger partial charge in [0, 0.05) is 12.1 Å². The van der Waals surface area contributed by atoms with Gasteiger partial charge in [0.2, 0.25) is 0 Å². The molecule has 0 bridgehead atoms. The lowest BCUT2D eigenvalue weighted by atomic mass is 10.2. The van der Waals surface area contributed by atoms with Crippen molar-refractivity contribution in [2.24, 2.45) is 0 Å². The highest BCUT2D eigenvalue weighted by Gasteiger charge is 2.29. The molecule has 1 saturated heterocycles. The van der Waals surface area contributed by atoms with E-state index < -0.39 is 34.4 Å². The lowest BCUT2D eigenvalue weighted by Crippen LogP contribution is -2.38. The number of carbonyl (C=O) groups is 2. The van der Waals surface area contributed by atoms with E-state index in [1.54, 1.807) is 0 Å². The second-order valence-electron chi connectivity index (χ2n) is 6.44. The molecule has 1 aromatic carbocycles. The third-order valence-electron chi connectivity index (χ3n) is 4.18. The van der Waals surface area contributed by atoms with Gasteiger partial charge in [-0.1, -0.05) is 30.3 Å². The average molecular weight is 405 g/mol. The van der Waals surface area contributed by atoms with Crippen molar-refractivity contribution in [1.29, 1.82) is 0 Å². The number of nitrogens with one attached hydrogen (secondary N) is 1. The molecule has 1 N–H and O–H groups in total. The predicted octanol–water partition coefficient (Wildman–Crippen LogP) is -0.248. The van der Waals surface area contributed by atoms with Crippen molar-refractivity contribution in [3.05, 3.63) is 64.1 Å². The van der Waals surface area contributed by atoms with Crippen molar-refractivity contribution in [3.63, 3.8) is 0 Å². The summed E-state index contributed by atoms with van der Waals surface area (Å²) in [5, 5.41) is 6.51. The van der Waals surface area contributed by atoms with Crippen LogP contribution in [0.2, 0.25) is 0 Å². The largest absolute Gasteiger partial charge is 0.451 e. The van der Waals surface area contributed by atoms with Gasteiger partial charge in [-0.3, -0.25) is 9.59 Å². The first-order valence-electron chi connectivity index (χ1n) is 8.61. The van der Waals surface area contributed by atoms with E-state index in [2.05, 4.69) is 10.4 Å². The molecular weight excluding hydrogens is 386 g/mol. The van der Waals surface area contributed by atoms with Gasteiger partial charge in [-0.25, -0.2) is 17.9 Å². The molecule has 1 atom stereocenters. The number of sulfone groups is 1. The Morgan fingerprint density at radius 3 is 2.61 bits per heavy atom. The maximum absolute atomic E-state index is 12.1. The van der Waals surface area contributed by atoms with Crippen LogP contribution in [-0.4, -0.2) is 54.2 Å². The van der Waals surface area contributed by atoms with E-state index in [9.17, 15) is 22.8 Å². The highest BCUT2D eigenvalue weighted by Crippen LogP contribution is 2.11. The summed E-state index contributed by atoms with van der Waals surface area (Å²) in [4.78, 5) is 35.9. The monoisotopic (exact) mass is 405 g/mol. The number of nitrogens with zero attached hydrogens (tertiary/aromatic N) is 2. The minimum Gasteiger partial charge on any atom is -0.451 e. The number of rotatable bonds is 6. The first kappa shape index (κ1) is 19.7. The van der Waals surface area contributed by atoms with Crippen LogP contribution in [0, 0.1) is 0 Å². The molecule has 1 amide bonds. The zero-order valence-corrected chi connectivity index (χ0v) is 15.7. The van der Waals surface area contributed by atoms with Gasteiger partial charge in [-0.05, 0) is 18.1 Å². The van der Waals surface area contributed by atoms with Gasteiger partial charge in [0.05, 0.1) is 18.1 Å². The third-order valence-corrected chi connectivity index (χ3v) is 5.95. The molecule has 0 spiro atoms. The number of hydrogen-bond donors (Lipinski definition) is 1. The van der Waals surface area contributed by atoms with Crippen LogP contribution in [0.1, 0.15) is 22.5 Å². The van der Waals surface area contributed by atoms with Crippen molar-refractivity contribution in [3.8, 4) is 0 Å². The normalized spacial score (nSPS) is 17.8. The topological polar surface area (TPSA) is 124 Å². The van der Waals surface area contributed by atoms with Gasteiger partial charge in [0.25, 0.3) is 11.5 Å². The lowest BCUT2D eigenvalue weighted by molar-refractivity contribution is -0.124. The second-order valence-corrected chi connectivity index (χ2v) is 8.67. The molecule has 9 nitrogen and oxygen atoms in total. The first-order chi connectivity index (χ1) is 13.3. The Labute approximate surface area is 161 Å². The molecular formula is C18H19N3O6S. The van der Waals surface area contributed by atoms with Crippen molar-refractivity contribution < 1.29 is 22.7 Å². The zero-order chi connectivity index (χ0) is 20.1. The van der Waals surface area contributed by atoms with Crippen LogP contribution in [-0.2, 0) is 25.9 Å². The van der Waals surface area contributed by atoms with E-state index in [0.717, 1.165) is 10.2 Å². The highest BCUT2D eigenvalue weighted by molar-refractivity contribution is 7.91. The summed E-state index contributed by atoms with van der Waals surface area (Å²) < 4.78 is 28.8. The minimum atomic E-state index is -3.11. The number of carbonyl (C=O) groups excluding carboxylic acids is 2. The average Bonchev–Trinajstić information content (AvgIpc) is 3.00. The number of hydrogen-bond acceptors (Lipinski definition) is 7. The van der Waals surface area contributed by atoms with E-state index in [1.165, 1.54) is 12.1 Å². The number of aromatic nitrogens is 2. The van der Waals surface area contributed by atoms with Crippen LogP contribution in [0.15, 0.2) is 47.3 Å². The maximum atomic E-state index is 12.1. The van der Waals surface area contributed by atoms with Crippen LogP contribution in [0.4, 0.5) is 0 Å². The van der Waals surface area contributed by atoms with E-state index in [4.69, 9.17) is 4.74 Å². The third kappa shape index (κ3) is 5.26.